The number of pyridine rings is 1. The van der Waals surface area contributed by atoms with Gasteiger partial charge < -0.3 is 78.6 Å². The number of hydrogen-bond acceptors (Lipinski definition) is 19. The Labute approximate surface area is 691 Å². The Kier molecular flexibility index (Phi) is 31.1. The van der Waals surface area contributed by atoms with Crippen molar-refractivity contribution in [3.05, 3.63) is 254 Å². The number of nitrogens with zero attached hydrogens (tertiary/aromatic N) is 8. The first kappa shape index (κ1) is 85.9. The van der Waals surface area contributed by atoms with Gasteiger partial charge in [-0.25, -0.2) is 9.78 Å². The van der Waals surface area contributed by atoms with E-state index in [-0.39, 0.29) is 72.4 Å². The predicted octanol–water partition coefficient (Wildman–Crippen LogP) is 16.9. The van der Waals surface area contributed by atoms with Crippen LogP contribution >= 0.6 is 0 Å². The Morgan fingerprint density at radius 2 is 0.735 bits per heavy atom. The largest absolute Gasteiger partial charge is 0.650 e. The van der Waals surface area contributed by atoms with E-state index in [2.05, 4.69) is 38.0 Å². The minimum Gasteiger partial charge on any atom is -0.650 e. The van der Waals surface area contributed by atoms with Crippen LogP contribution in [0.1, 0.15) is 29.8 Å². The van der Waals surface area contributed by atoms with Crippen LogP contribution in [-0.2, 0) is 74.6 Å². The second-order valence-corrected chi connectivity index (χ2v) is 24.7. The number of carbonyl (C=O) groups is 2. The van der Waals surface area contributed by atoms with Crippen molar-refractivity contribution in [3.8, 4) is 68.3 Å². The minimum absolute atomic E-state index is 0. The third-order valence-electron chi connectivity index (χ3n) is 18.1. The van der Waals surface area contributed by atoms with Gasteiger partial charge in [-0.1, -0.05) is 162 Å². The van der Waals surface area contributed by atoms with Crippen LogP contribution in [0.4, 0.5) is 0 Å². The minimum atomic E-state index is -0.990. The Balaban J connectivity index is 0.000000166. The Morgan fingerprint density at radius 3 is 0.991 bits per heavy atom. The molecule has 5 heterocycles. The standard InChI is InChI=1S/3C24H17N2O2.C6H5NO2.C5H8NO2.C5H12O4.3Ir/c3*1-27-16-8-10-18-20(12-16)21-13-17(28-2)9-11-19(21)24-23(18)25-14-22(26-24)15-6-4-3-5-7-15;8-6(9)5-3-1-2-4-7-5;7-5(8)4-2-1-3-6-4;1-8-4(6)3-5(7)9-2;;;/h3*3-9,11-14H,1-2H3;1-4H,(H,8,9);4H,1-3H2,(H,7,8);4-7H,3H2,1-2H3;;;/q3*-1;;-1;;;;. The fourth-order valence-corrected chi connectivity index (χ4v) is 12.5. The number of carboxylic acids is 2. The van der Waals surface area contributed by atoms with Gasteiger partial charge in [0.1, 0.15) is 22.9 Å². The summed E-state index contributed by atoms with van der Waals surface area (Å²) in [6.07, 6.45) is 6.78. The zero-order chi connectivity index (χ0) is 77.2. The van der Waals surface area contributed by atoms with E-state index < -0.39 is 30.6 Å². The van der Waals surface area contributed by atoms with Crippen LogP contribution in [0.5, 0.6) is 34.5 Å². The van der Waals surface area contributed by atoms with Gasteiger partial charge in [0.05, 0.1) is 76.3 Å². The molecule has 0 amide bonds. The monoisotopic (exact) mass is 2050 g/mol. The van der Waals surface area contributed by atoms with Crippen molar-refractivity contribution in [1.29, 1.82) is 0 Å². The van der Waals surface area contributed by atoms with Gasteiger partial charge >= 0.3 is 5.97 Å². The molecule has 4 aromatic heterocycles. The van der Waals surface area contributed by atoms with Gasteiger partial charge in [0.2, 0.25) is 0 Å². The molecule has 0 bridgehead atoms. The van der Waals surface area contributed by atoms with Gasteiger partial charge in [0, 0.05) is 156 Å². The maximum atomic E-state index is 10.1. The van der Waals surface area contributed by atoms with Gasteiger partial charge in [0.25, 0.3) is 5.97 Å². The second kappa shape index (κ2) is 40.9. The average Bonchev–Trinajstić information content (AvgIpc) is 0.961. The normalized spacial score (nSPS) is 12.4. The van der Waals surface area contributed by atoms with Crippen LogP contribution in [0, 0.1) is 18.2 Å². The van der Waals surface area contributed by atoms with Crippen LogP contribution in [-0.4, -0.2) is 149 Å². The molecule has 1 aliphatic rings. The van der Waals surface area contributed by atoms with Crippen molar-refractivity contribution >= 4 is 110 Å². The molecular formula is C88H76Ir3N8O14-4. The number of rotatable bonds is 15. The molecule has 22 nitrogen and oxygen atoms in total. The zero-order valence-electron chi connectivity index (χ0n) is 62.4. The number of aromatic nitrogens is 7. The molecule has 1 aliphatic heterocycles. The summed E-state index contributed by atoms with van der Waals surface area (Å²) in [5.74, 6) is 2.88. The third kappa shape index (κ3) is 20.2. The number of methoxy groups -OCH3 is 8. The first-order chi connectivity index (χ1) is 53.6. The number of hydrogen-bond donors (Lipinski definition) is 4. The van der Waals surface area contributed by atoms with Crippen molar-refractivity contribution in [2.45, 2.75) is 37.9 Å². The predicted molar refractivity (Wildman–Crippen MR) is 427 cm³/mol. The smallest absolute Gasteiger partial charge is 0.354 e. The molecule has 25 heteroatoms. The molecule has 3 atom stereocenters. The Morgan fingerprint density at radius 1 is 0.407 bits per heavy atom. The number of carboxylic acid groups (broad SMARTS) is 2. The maximum Gasteiger partial charge on any atom is 0.354 e. The summed E-state index contributed by atoms with van der Waals surface area (Å²) >= 11 is 0. The van der Waals surface area contributed by atoms with E-state index >= 15 is 0 Å². The fraction of sp³-hybridized carbons (Fsp3) is 0.170. The Bertz CT molecular complexity index is 5420. The first-order valence-corrected chi connectivity index (χ1v) is 34.8. The van der Waals surface area contributed by atoms with Crippen LogP contribution in [0.15, 0.2) is 225 Å². The maximum absolute atomic E-state index is 10.1. The summed E-state index contributed by atoms with van der Waals surface area (Å²) in [5.41, 5.74) is 10.8. The molecule has 113 heavy (non-hydrogen) atoms. The number of aliphatic hydroxyl groups is 2. The molecular weight excluding hydrogens is 1970 g/mol. The molecule has 17 rings (SSSR count). The van der Waals surface area contributed by atoms with E-state index in [0.717, 1.165) is 185 Å². The summed E-state index contributed by atoms with van der Waals surface area (Å²) in [6.45, 7) is 0.733. The third-order valence-corrected chi connectivity index (χ3v) is 18.1. The summed E-state index contributed by atoms with van der Waals surface area (Å²) in [7, 11) is 12.7. The number of fused-ring (bicyclic) bond motifs is 18. The van der Waals surface area contributed by atoms with E-state index in [1.165, 1.54) is 26.5 Å². The summed E-state index contributed by atoms with van der Waals surface area (Å²) < 4.78 is 41.5. The van der Waals surface area contributed by atoms with Gasteiger partial charge in [-0.2, -0.15) is 0 Å². The SMILES string of the molecule is COC(O)CC(O)OC.COc1c[c-]c2c(c1)c1cc(OC)ccc1c1nc(-c3ccccc3)cnc21.COc1c[c-]c2c(c1)c1cc(OC)ccc1c1nc(-c3ccccc3)cnc21.COc1c[c-]c2c(c1)c1cc(OC)ccc1c1nc(-c3ccccc3)cnc21.O=C(O)C1CCC[N-]1.O=C(O)c1ccccn1.[Ir].[Ir].[Ir]. The van der Waals surface area contributed by atoms with Crippen molar-refractivity contribution in [2.24, 2.45) is 0 Å². The molecule has 1 saturated heterocycles. The van der Waals surface area contributed by atoms with Crippen molar-refractivity contribution in [2.75, 3.05) is 63.4 Å². The van der Waals surface area contributed by atoms with Crippen LogP contribution < -0.4 is 28.4 Å². The topological polar surface area (TPSA) is 293 Å². The van der Waals surface area contributed by atoms with Crippen molar-refractivity contribution < 1.29 is 128 Å². The zero-order valence-corrected chi connectivity index (χ0v) is 69.6. The molecule has 583 valence electrons. The number of aromatic carboxylic acids is 1. The number of ether oxygens (including phenoxy) is 8. The molecule has 0 saturated carbocycles. The first-order valence-electron chi connectivity index (χ1n) is 34.8. The number of benzene rings is 12. The number of aliphatic hydroxyl groups excluding tert-OH is 2. The average molecular weight is 2050 g/mol. The molecule has 16 aromatic rings. The molecule has 1 fully saturated rings. The summed E-state index contributed by atoms with van der Waals surface area (Å²) in [4.78, 5) is 53.0. The van der Waals surface area contributed by atoms with E-state index in [1.807, 2.05) is 201 Å². The summed E-state index contributed by atoms with van der Waals surface area (Å²) in [5, 5.41) is 49.9. The molecule has 3 radical (unpaired) electrons. The molecule has 0 aliphatic carbocycles. The van der Waals surface area contributed by atoms with Crippen molar-refractivity contribution in [1.82, 2.24) is 34.9 Å². The molecule has 4 N–H and O–H groups in total. The van der Waals surface area contributed by atoms with E-state index in [1.54, 1.807) is 54.8 Å². The van der Waals surface area contributed by atoms with E-state index in [9.17, 15) is 9.59 Å². The number of aliphatic carboxylic acids is 1. The second-order valence-electron chi connectivity index (χ2n) is 24.7. The molecule has 0 spiro atoms. The van der Waals surface area contributed by atoms with Crippen LogP contribution in [0.2, 0.25) is 0 Å². The van der Waals surface area contributed by atoms with Gasteiger partial charge in [0.15, 0.2) is 12.6 Å². The van der Waals surface area contributed by atoms with Crippen LogP contribution in [0.25, 0.3) is 137 Å². The van der Waals surface area contributed by atoms with Crippen LogP contribution in [0.3, 0.4) is 0 Å². The van der Waals surface area contributed by atoms with Crippen molar-refractivity contribution in [3.63, 3.8) is 0 Å². The molecule has 12 aromatic carbocycles. The van der Waals surface area contributed by atoms with Gasteiger partial charge in [-0.3, -0.25) is 19.7 Å². The Hall–Kier alpha value is -11.1. The van der Waals surface area contributed by atoms with Gasteiger partial charge in [-0.05, 0) is 86.9 Å². The summed E-state index contributed by atoms with van der Waals surface area (Å²) in [6, 6.07) is 74.2. The van der Waals surface area contributed by atoms with E-state index in [0.29, 0.717) is 0 Å². The van der Waals surface area contributed by atoms with Gasteiger partial charge in [-0.15, -0.1) is 59.1 Å². The quantitative estimate of drug-likeness (QED) is 0.0421. The fourth-order valence-electron chi connectivity index (χ4n) is 12.5. The molecule has 3 unspecified atom stereocenters. The van der Waals surface area contributed by atoms with E-state index in [4.69, 9.17) is 78.8 Å².